The second-order valence-corrected chi connectivity index (χ2v) is 3.43. The van der Waals surface area contributed by atoms with E-state index >= 15 is 0 Å². The van der Waals surface area contributed by atoms with Gasteiger partial charge in [0.1, 0.15) is 0 Å². The van der Waals surface area contributed by atoms with E-state index in [0.717, 1.165) is 23.8 Å². The molecule has 1 aliphatic rings. The zero-order valence-corrected chi connectivity index (χ0v) is 9.52. The van der Waals surface area contributed by atoms with Crippen LogP contribution in [0.5, 0.6) is 0 Å². The van der Waals surface area contributed by atoms with Gasteiger partial charge in [0, 0.05) is 13.1 Å². The molecule has 0 aromatic rings. The fraction of sp³-hybridized carbons (Fsp3) is 0.571. The van der Waals surface area contributed by atoms with E-state index in [1.807, 2.05) is 0 Å². The van der Waals surface area contributed by atoms with Crippen LogP contribution in [-0.4, -0.2) is 28.6 Å². The van der Waals surface area contributed by atoms with Crippen molar-refractivity contribution in [3.63, 3.8) is 0 Å². The van der Waals surface area contributed by atoms with Gasteiger partial charge >= 0.3 is 0 Å². The van der Waals surface area contributed by atoms with Gasteiger partial charge in [0.2, 0.25) is 0 Å². The van der Waals surface area contributed by atoms with Crippen LogP contribution in [0, 0.1) is 0 Å². The first-order chi connectivity index (χ1) is 6.20. The van der Waals surface area contributed by atoms with Gasteiger partial charge in [-0.2, -0.15) is 9.52 Å². The van der Waals surface area contributed by atoms with Gasteiger partial charge in [-0.1, -0.05) is 0 Å². The summed E-state index contributed by atoms with van der Waals surface area (Å²) in [6, 6.07) is 0. The first kappa shape index (κ1) is 10.6. The number of hydrogen-bond acceptors (Lipinski definition) is 6. The zero-order valence-electron chi connectivity index (χ0n) is 7.73. The lowest BCUT2D eigenvalue weighted by atomic mass is 10.4. The molecule has 0 aliphatic carbocycles. The number of rotatable bonds is 3. The van der Waals surface area contributed by atoms with Crippen molar-refractivity contribution in [1.29, 1.82) is 0 Å². The highest BCUT2D eigenvalue weighted by Crippen LogP contribution is 2.19. The van der Waals surface area contributed by atoms with E-state index in [9.17, 15) is 0 Å². The number of nitrogens with one attached hydrogen (secondary N) is 1. The van der Waals surface area contributed by atoms with Gasteiger partial charge in [-0.25, -0.2) is 5.53 Å². The summed E-state index contributed by atoms with van der Waals surface area (Å²) in [4.78, 5) is 2.96. The maximum absolute atomic E-state index is 4.32. The highest BCUT2D eigenvalue weighted by molar-refractivity contribution is 7.85. The minimum atomic E-state index is 0.817. The van der Waals surface area contributed by atoms with Crippen LogP contribution in [-0.2, 0) is 0 Å². The molecule has 0 fully saturated rings. The molecule has 1 N–H and O–H groups in total. The minimum absolute atomic E-state index is 0.817. The number of allylic oxidation sites excluding steroid dienone is 1. The summed E-state index contributed by atoms with van der Waals surface area (Å²) in [5.74, 6) is 0.937. The second kappa shape index (κ2) is 4.66. The first-order valence-electron chi connectivity index (χ1n) is 4.16. The van der Waals surface area contributed by atoms with Crippen LogP contribution in [0.1, 0.15) is 13.8 Å². The lowest BCUT2D eigenvalue weighted by Crippen LogP contribution is -2.38. The molecule has 0 amide bonds. The van der Waals surface area contributed by atoms with Gasteiger partial charge in [0.15, 0.2) is 5.82 Å². The Bertz CT molecular complexity index is 235. The molecule has 1 rings (SSSR count). The van der Waals surface area contributed by atoms with Crippen molar-refractivity contribution in [3.05, 3.63) is 10.7 Å². The van der Waals surface area contributed by atoms with E-state index in [2.05, 4.69) is 54.8 Å². The van der Waals surface area contributed by atoms with E-state index in [0.29, 0.717) is 0 Å². The average Bonchev–Trinajstić information content (AvgIpc) is 2.11. The fourth-order valence-electron chi connectivity index (χ4n) is 1.18. The monoisotopic (exact) mass is 218 g/mol. The van der Waals surface area contributed by atoms with E-state index in [1.54, 1.807) is 10.6 Å². The molecule has 0 aromatic carbocycles. The lowest BCUT2D eigenvalue weighted by Gasteiger charge is -2.32. The molecule has 74 valence electrons. The Labute approximate surface area is 89.6 Å². The van der Waals surface area contributed by atoms with Crippen molar-refractivity contribution in [2.45, 2.75) is 13.8 Å². The van der Waals surface area contributed by atoms with Crippen molar-refractivity contribution < 1.29 is 0 Å². The SMILES string of the molecule is CCN(CC)C1=C(S)C=NNN1S. The van der Waals surface area contributed by atoms with Gasteiger partial charge in [-0.3, -0.25) is 0 Å². The Morgan fingerprint density at radius 1 is 1.54 bits per heavy atom. The Morgan fingerprint density at radius 3 is 2.62 bits per heavy atom. The predicted molar refractivity (Wildman–Crippen MR) is 61.4 cm³/mol. The summed E-state index contributed by atoms with van der Waals surface area (Å²) in [6.45, 7) is 6.01. The lowest BCUT2D eigenvalue weighted by molar-refractivity contribution is 0.265. The molecule has 0 saturated heterocycles. The Balaban J connectivity index is 2.89. The van der Waals surface area contributed by atoms with E-state index < -0.39 is 0 Å². The molecule has 0 bridgehead atoms. The molecule has 6 heteroatoms. The summed E-state index contributed by atoms with van der Waals surface area (Å²) in [6.07, 6.45) is 1.67. The largest absolute Gasteiger partial charge is 0.356 e. The Hall–Kier alpha value is -0.490. The number of hydrazine groups is 1. The number of hydrazone groups is 1. The summed E-state index contributed by atoms with van der Waals surface area (Å²) in [5.41, 5.74) is 2.73. The average molecular weight is 218 g/mol. The molecular weight excluding hydrogens is 204 g/mol. The smallest absolute Gasteiger partial charge is 0.151 e. The molecule has 0 saturated carbocycles. The van der Waals surface area contributed by atoms with Gasteiger partial charge in [0.05, 0.1) is 11.1 Å². The molecule has 0 radical (unpaired) electrons. The number of hydrogen-bond donors (Lipinski definition) is 3. The van der Waals surface area contributed by atoms with E-state index in [-0.39, 0.29) is 0 Å². The van der Waals surface area contributed by atoms with Crippen molar-refractivity contribution in [2.75, 3.05) is 13.1 Å². The predicted octanol–water partition coefficient (Wildman–Crippen LogP) is 1.08. The summed E-state index contributed by atoms with van der Waals surface area (Å²) in [7, 11) is 0. The summed E-state index contributed by atoms with van der Waals surface area (Å²) < 4.78 is 1.56. The highest BCUT2D eigenvalue weighted by Gasteiger charge is 2.17. The molecule has 0 aromatic heterocycles. The normalized spacial score (nSPS) is 16.2. The molecule has 0 unspecified atom stereocenters. The molecular formula is C7H14N4S2. The fourth-order valence-corrected chi connectivity index (χ4v) is 1.84. The maximum atomic E-state index is 4.32. The molecule has 0 spiro atoms. The van der Waals surface area contributed by atoms with Gasteiger partial charge in [0.25, 0.3) is 0 Å². The van der Waals surface area contributed by atoms with Crippen LogP contribution in [0.25, 0.3) is 0 Å². The van der Waals surface area contributed by atoms with E-state index in [1.165, 1.54) is 0 Å². The third-order valence-corrected chi connectivity index (χ3v) is 2.43. The molecule has 0 atom stereocenters. The van der Waals surface area contributed by atoms with Gasteiger partial charge in [-0.05, 0) is 26.7 Å². The van der Waals surface area contributed by atoms with Crippen LogP contribution in [0.2, 0.25) is 0 Å². The first-order valence-corrected chi connectivity index (χ1v) is 5.01. The molecule has 4 nitrogen and oxygen atoms in total. The van der Waals surface area contributed by atoms with Crippen molar-refractivity contribution in [3.8, 4) is 0 Å². The van der Waals surface area contributed by atoms with E-state index in [4.69, 9.17) is 0 Å². The Morgan fingerprint density at radius 2 is 2.15 bits per heavy atom. The highest BCUT2D eigenvalue weighted by atomic mass is 32.1. The molecule has 13 heavy (non-hydrogen) atoms. The maximum Gasteiger partial charge on any atom is 0.151 e. The van der Waals surface area contributed by atoms with Gasteiger partial charge in [-0.15, -0.1) is 12.6 Å². The van der Waals surface area contributed by atoms with Crippen LogP contribution < -0.4 is 5.53 Å². The van der Waals surface area contributed by atoms with Crippen molar-refractivity contribution in [2.24, 2.45) is 5.10 Å². The standard InChI is InChI=1S/C7H14N4S2/c1-3-10(4-2)7-6(12)5-8-9-11(7)13/h5,9,12-13H,3-4H2,1-2H3. The molecule has 1 aliphatic heterocycles. The number of thiol groups is 2. The third-order valence-electron chi connectivity index (χ3n) is 1.83. The van der Waals surface area contributed by atoms with Crippen molar-refractivity contribution in [1.82, 2.24) is 14.8 Å². The quantitative estimate of drug-likeness (QED) is 0.620. The van der Waals surface area contributed by atoms with Crippen LogP contribution >= 0.6 is 25.4 Å². The summed E-state index contributed by atoms with van der Waals surface area (Å²) >= 11 is 8.54. The summed E-state index contributed by atoms with van der Waals surface area (Å²) in [5, 5.41) is 3.85. The van der Waals surface area contributed by atoms with Crippen molar-refractivity contribution >= 4 is 31.7 Å². The third kappa shape index (κ3) is 2.25. The minimum Gasteiger partial charge on any atom is -0.356 e. The molecule has 1 heterocycles. The second-order valence-electron chi connectivity index (χ2n) is 2.55. The Kier molecular flexibility index (Phi) is 3.80. The topological polar surface area (TPSA) is 30.9 Å². The zero-order chi connectivity index (χ0) is 9.84. The van der Waals surface area contributed by atoms with Crippen LogP contribution in [0.3, 0.4) is 0 Å². The number of nitrogens with zero attached hydrogens (tertiary/aromatic N) is 3. The van der Waals surface area contributed by atoms with Crippen LogP contribution in [0.15, 0.2) is 15.8 Å². The van der Waals surface area contributed by atoms with Gasteiger partial charge < -0.3 is 4.90 Å². The van der Waals surface area contributed by atoms with Crippen LogP contribution in [0.4, 0.5) is 0 Å².